The lowest BCUT2D eigenvalue weighted by Gasteiger charge is -2.19. The van der Waals surface area contributed by atoms with E-state index in [0.29, 0.717) is 15.3 Å². The van der Waals surface area contributed by atoms with Crippen LogP contribution in [0.4, 0.5) is 15.8 Å². The molecule has 2 aromatic rings. The van der Waals surface area contributed by atoms with E-state index in [0.717, 1.165) is 32.5 Å². The van der Waals surface area contributed by atoms with Crippen molar-refractivity contribution in [2.24, 2.45) is 0 Å². The lowest BCUT2D eigenvalue weighted by molar-refractivity contribution is 0.631. The highest BCUT2D eigenvalue weighted by molar-refractivity contribution is 9.10. The molecular formula is C18H19BrFN3S. The van der Waals surface area contributed by atoms with E-state index in [4.69, 9.17) is 12.2 Å². The summed E-state index contributed by atoms with van der Waals surface area (Å²) in [5, 5.41) is 6.47. The maximum atomic E-state index is 13.8. The summed E-state index contributed by atoms with van der Waals surface area (Å²) in [6.07, 6.45) is 2.09. The van der Waals surface area contributed by atoms with Crippen molar-refractivity contribution in [1.82, 2.24) is 5.32 Å². The number of thiocarbonyl (C=S) groups is 1. The molecular weight excluding hydrogens is 389 g/mol. The third kappa shape index (κ3) is 4.24. The van der Waals surface area contributed by atoms with Gasteiger partial charge in [-0.3, -0.25) is 0 Å². The molecule has 0 bridgehead atoms. The summed E-state index contributed by atoms with van der Waals surface area (Å²) in [5.41, 5.74) is 3.15. The van der Waals surface area contributed by atoms with Crippen LogP contribution in [-0.2, 0) is 6.42 Å². The summed E-state index contributed by atoms with van der Waals surface area (Å²) in [7, 11) is 0. The van der Waals surface area contributed by atoms with Gasteiger partial charge in [-0.2, -0.15) is 0 Å². The van der Waals surface area contributed by atoms with Gasteiger partial charge in [-0.05, 0) is 54.9 Å². The van der Waals surface area contributed by atoms with Gasteiger partial charge in [-0.1, -0.05) is 34.1 Å². The molecule has 2 N–H and O–H groups in total. The quantitative estimate of drug-likeness (QED) is 0.569. The van der Waals surface area contributed by atoms with Crippen LogP contribution >= 0.6 is 28.1 Å². The molecule has 0 amide bonds. The van der Waals surface area contributed by atoms with E-state index in [2.05, 4.69) is 55.7 Å². The van der Waals surface area contributed by atoms with Crippen molar-refractivity contribution in [3.05, 3.63) is 58.3 Å². The van der Waals surface area contributed by atoms with E-state index in [1.165, 1.54) is 17.3 Å². The summed E-state index contributed by atoms with van der Waals surface area (Å²) in [6, 6.07) is 13.4. The smallest absolute Gasteiger partial charge is 0.170 e. The predicted octanol–water partition coefficient (Wildman–Crippen LogP) is 4.33. The molecule has 0 unspecified atom stereocenters. The number of fused-ring (bicyclic) bond motifs is 1. The summed E-state index contributed by atoms with van der Waals surface area (Å²) in [4.78, 5) is 2.40. The molecule has 3 rings (SSSR count). The van der Waals surface area contributed by atoms with E-state index >= 15 is 0 Å². The highest BCUT2D eigenvalue weighted by Crippen LogP contribution is 2.27. The molecule has 24 heavy (non-hydrogen) atoms. The highest BCUT2D eigenvalue weighted by Gasteiger charge is 2.17. The predicted molar refractivity (Wildman–Crippen MR) is 105 cm³/mol. The maximum Gasteiger partial charge on any atom is 0.170 e. The molecule has 1 heterocycles. The zero-order valence-electron chi connectivity index (χ0n) is 13.2. The Kier molecular flexibility index (Phi) is 5.68. The van der Waals surface area contributed by atoms with E-state index in [-0.39, 0.29) is 5.82 Å². The number of halogens is 2. The largest absolute Gasteiger partial charge is 0.371 e. The summed E-state index contributed by atoms with van der Waals surface area (Å²) in [6.45, 7) is 2.81. The second-order valence-electron chi connectivity index (χ2n) is 5.72. The number of nitrogens with zero attached hydrogens (tertiary/aromatic N) is 1. The minimum atomic E-state index is -0.331. The number of para-hydroxylation sites is 1. The van der Waals surface area contributed by atoms with Gasteiger partial charge in [-0.15, -0.1) is 0 Å². The monoisotopic (exact) mass is 407 g/mol. The molecule has 6 heteroatoms. The molecule has 126 valence electrons. The second kappa shape index (κ2) is 7.94. The first-order chi connectivity index (χ1) is 11.6. The second-order valence-corrected chi connectivity index (χ2v) is 7.05. The first-order valence-electron chi connectivity index (χ1n) is 7.96. The van der Waals surface area contributed by atoms with Crippen molar-refractivity contribution in [2.45, 2.75) is 12.8 Å². The van der Waals surface area contributed by atoms with Crippen LogP contribution in [0.1, 0.15) is 12.0 Å². The van der Waals surface area contributed by atoms with E-state index in [1.807, 2.05) is 0 Å². The lowest BCUT2D eigenvalue weighted by atomic mass is 10.2. The molecule has 0 saturated heterocycles. The van der Waals surface area contributed by atoms with Gasteiger partial charge in [0.05, 0.1) is 5.69 Å². The Bertz CT molecular complexity index is 738. The van der Waals surface area contributed by atoms with Crippen molar-refractivity contribution in [3.8, 4) is 0 Å². The molecule has 0 radical (unpaired) electrons. The van der Waals surface area contributed by atoms with Crippen LogP contribution in [-0.4, -0.2) is 24.7 Å². The lowest BCUT2D eigenvalue weighted by Crippen LogP contribution is -2.32. The third-order valence-electron chi connectivity index (χ3n) is 4.05. The summed E-state index contributed by atoms with van der Waals surface area (Å²) >= 11 is 8.46. The van der Waals surface area contributed by atoms with Gasteiger partial charge in [0.25, 0.3) is 0 Å². The van der Waals surface area contributed by atoms with Gasteiger partial charge < -0.3 is 15.5 Å². The van der Waals surface area contributed by atoms with Crippen LogP contribution in [0.15, 0.2) is 46.9 Å². The molecule has 0 atom stereocenters. The van der Waals surface area contributed by atoms with Crippen LogP contribution in [0.3, 0.4) is 0 Å². The van der Waals surface area contributed by atoms with Gasteiger partial charge >= 0.3 is 0 Å². The Morgan fingerprint density at radius 1 is 1.25 bits per heavy atom. The number of hydrogen-bond acceptors (Lipinski definition) is 2. The first-order valence-corrected chi connectivity index (χ1v) is 9.16. The van der Waals surface area contributed by atoms with Crippen LogP contribution in [0.25, 0.3) is 0 Å². The molecule has 0 spiro atoms. The standard InChI is InChI=1S/C18H19BrFN3S/c19-14-6-7-16(15(20)12-14)22-18(24)21-9-3-10-23-11-8-13-4-1-2-5-17(13)23/h1-2,4-7,12H,3,8-11H2,(H2,21,22,24). The zero-order valence-corrected chi connectivity index (χ0v) is 15.6. The van der Waals surface area contributed by atoms with E-state index in [9.17, 15) is 4.39 Å². The molecule has 0 aromatic heterocycles. The fourth-order valence-electron chi connectivity index (χ4n) is 2.87. The Balaban J connectivity index is 1.41. The fraction of sp³-hybridized carbons (Fsp3) is 0.278. The van der Waals surface area contributed by atoms with Gasteiger partial charge in [-0.25, -0.2) is 4.39 Å². The van der Waals surface area contributed by atoms with Gasteiger partial charge in [0, 0.05) is 29.8 Å². The normalized spacial score (nSPS) is 12.8. The van der Waals surface area contributed by atoms with Crippen molar-refractivity contribution in [3.63, 3.8) is 0 Å². The van der Waals surface area contributed by atoms with Gasteiger partial charge in [0.1, 0.15) is 5.82 Å². The number of anilines is 2. The number of hydrogen-bond donors (Lipinski definition) is 2. The SMILES string of the molecule is Fc1cc(Br)ccc1NC(=S)NCCCN1CCc2ccccc21. The zero-order chi connectivity index (χ0) is 16.9. The summed E-state index contributed by atoms with van der Waals surface area (Å²) < 4.78 is 14.5. The van der Waals surface area contributed by atoms with E-state index < -0.39 is 0 Å². The van der Waals surface area contributed by atoms with Crippen molar-refractivity contribution in [2.75, 3.05) is 29.9 Å². The van der Waals surface area contributed by atoms with Crippen LogP contribution in [0, 0.1) is 5.82 Å². The average Bonchev–Trinajstić information content (AvgIpc) is 2.98. The Hall–Kier alpha value is -1.66. The van der Waals surface area contributed by atoms with E-state index in [1.54, 1.807) is 12.1 Å². The number of benzene rings is 2. The maximum absolute atomic E-state index is 13.8. The minimum absolute atomic E-state index is 0.331. The Labute approximate surface area is 155 Å². The number of rotatable bonds is 5. The van der Waals surface area contributed by atoms with Crippen molar-refractivity contribution >= 4 is 44.6 Å². The third-order valence-corrected chi connectivity index (χ3v) is 4.79. The molecule has 1 aliphatic rings. The molecule has 0 saturated carbocycles. The van der Waals surface area contributed by atoms with Crippen molar-refractivity contribution < 1.29 is 4.39 Å². The molecule has 1 aliphatic heterocycles. The van der Waals surface area contributed by atoms with Crippen LogP contribution < -0.4 is 15.5 Å². The number of nitrogens with one attached hydrogen (secondary N) is 2. The minimum Gasteiger partial charge on any atom is -0.371 e. The van der Waals surface area contributed by atoms with Crippen LogP contribution in [0.5, 0.6) is 0 Å². The van der Waals surface area contributed by atoms with Crippen LogP contribution in [0.2, 0.25) is 0 Å². The first kappa shape index (κ1) is 17.2. The molecule has 3 nitrogen and oxygen atoms in total. The molecule has 0 aliphatic carbocycles. The topological polar surface area (TPSA) is 27.3 Å². The Morgan fingerprint density at radius 3 is 2.92 bits per heavy atom. The summed E-state index contributed by atoms with van der Waals surface area (Å²) in [5.74, 6) is -0.331. The van der Waals surface area contributed by atoms with Crippen molar-refractivity contribution in [1.29, 1.82) is 0 Å². The Morgan fingerprint density at radius 2 is 2.08 bits per heavy atom. The average molecular weight is 408 g/mol. The fourth-order valence-corrected chi connectivity index (χ4v) is 3.41. The van der Waals surface area contributed by atoms with Gasteiger partial charge in [0.15, 0.2) is 5.11 Å². The van der Waals surface area contributed by atoms with Gasteiger partial charge in [0.2, 0.25) is 0 Å². The molecule has 2 aromatic carbocycles. The molecule has 0 fully saturated rings. The highest BCUT2D eigenvalue weighted by atomic mass is 79.9.